The van der Waals surface area contributed by atoms with Gasteiger partial charge in [-0.2, -0.15) is 0 Å². The minimum Gasteiger partial charge on any atom is -0.481 e. The first-order valence-corrected chi connectivity index (χ1v) is 7.07. The van der Waals surface area contributed by atoms with Crippen molar-refractivity contribution >= 4 is 17.6 Å². The van der Waals surface area contributed by atoms with E-state index in [0.29, 0.717) is 10.8 Å². The number of carbonyl (C=O) groups is 1. The number of ether oxygens (including phenoxy) is 1. The fraction of sp³-hybridized carbons (Fsp3) is 0.250. The fourth-order valence-electron chi connectivity index (χ4n) is 2.13. The molecule has 0 saturated carbocycles. The molecule has 1 aromatic heterocycles. The molecule has 0 fully saturated rings. The Labute approximate surface area is 128 Å². The van der Waals surface area contributed by atoms with Crippen molar-refractivity contribution in [2.45, 2.75) is 19.8 Å². The summed E-state index contributed by atoms with van der Waals surface area (Å²) < 4.78 is 5.36. The van der Waals surface area contributed by atoms with Crippen LogP contribution in [0.4, 0.5) is 0 Å². The van der Waals surface area contributed by atoms with E-state index in [-0.39, 0.29) is 0 Å². The van der Waals surface area contributed by atoms with Gasteiger partial charge in [0, 0.05) is 28.5 Å². The Morgan fingerprint density at radius 2 is 2.14 bits per heavy atom. The Kier molecular flexibility index (Phi) is 5.17. The van der Waals surface area contributed by atoms with Crippen molar-refractivity contribution in [3.05, 3.63) is 47.2 Å². The molecule has 0 aliphatic heterocycles. The minimum absolute atomic E-state index is 0.391. The molecule has 0 amide bonds. The number of aryl methyl sites for hydroxylation is 1. The number of pyridine rings is 1. The summed E-state index contributed by atoms with van der Waals surface area (Å²) in [5.41, 5.74) is 2.82. The van der Waals surface area contributed by atoms with Crippen molar-refractivity contribution in [3.8, 4) is 16.9 Å². The van der Waals surface area contributed by atoms with Gasteiger partial charge in [-0.25, -0.2) is 4.79 Å². The minimum atomic E-state index is -1.02. The lowest BCUT2D eigenvalue weighted by Crippen LogP contribution is -2.10. The van der Waals surface area contributed by atoms with E-state index in [2.05, 4.69) is 11.9 Å². The second-order valence-electron chi connectivity index (χ2n) is 4.61. The molecule has 2 rings (SSSR count). The average Bonchev–Trinajstić information content (AvgIpc) is 2.47. The summed E-state index contributed by atoms with van der Waals surface area (Å²) in [7, 11) is 0. The lowest BCUT2D eigenvalue weighted by atomic mass is 9.98. The highest BCUT2D eigenvalue weighted by Crippen LogP contribution is 2.34. The van der Waals surface area contributed by atoms with Gasteiger partial charge in [-0.1, -0.05) is 24.9 Å². The molecule has 1 aromatic carbocycles. The monoisotopic (exact) mass is 305 g/mol. The van der Waals surface area contributed by atoms with Crippen molar-refractivity contribution in [2.75, 3.05) is 6.61 Å². The number of halogens is 1. The van der Waals surface area contributed by atoms with Gasteiger partial charge in [-0.15, -0.1) is 0 Å². The molecular weight excluding hydrogens is 290 g/mol. The fourth-order valence-corrected chi connectivity index (χ4v) is 2.30. The summed E-state index contributed by atoms with van der Waals surface area (Å²) in [5.74, 6) is -0.525. The standard InChI is InChI=1S/C16H16ClNO3/c1-2-3-11-6-7-18-9-14(11)13-8-12(17)4-5-15(13)21-10-16(19)20/h4-9H,2-3,10H2,1H3,(H,19,20). The van der Waals surface area contributed by atoms with Crippen LogP contribution in [-0.4, -0.2) is 22.7 Å². The molecule has 0 atom stereocenters. The summed E-state index contributed by atoms with van der Waals surface area (Å²) in [6, 6.07) is 7.09. The number of rotatable bonds is 6. The third-order valence-corrected chi connectivity index (χ3v) is 3.25. The van der Waals surface area contributed by atoms with Gasteiger partial charge >= 0.3 is 5.97 Å². The zero-order chi connectivity index (χ0) is 15.2. The van der Waals surface area contributed by atoms with E-state index >= 15 is 0 Å². The molecule has 0 aliphatic rings. The molecular formula is C16H16ClNO3. The summed E-state index contributed by atoms with van der Waals surface area (Å²) in [6.45, 7) is 1.71. The SMILES string of the molecule is CCCc1ccncc1-c1cc(Cl)ccc1OCC(=O)O. The number of carboxylic acids is 1. The summed E-state index contributed by atoms with van der Waals surface area (Å²) >= 11 is 6.07. The number of carboxylic acid groups (broad SMARTS) is 1. The van der Waals surface area contributed by atoms with Gasteiger partial charge in [-0.05, 0) is 36.2 Å². The van der Waals surface area contributed by atoms with Crippen LogP contribution in [0.2, 0.25) is 5.02 Å². The molecule has 0 aliphatic carbocycles. The number of aromatic nitrogens is 1. The van der Waals surface area contributed by atoms with Crippen LogP contribution in [0.5, 0.6) is 5.75 Å². The van der Waals surface area contributed by atoms with Crippen LogP contribution in [0, 0.1) is 0 Å². The van der Waals surface area contributed by atoms with Gasteiger partial charge < -0.3 is 9.84 Å². The molecule has 0 unspecified atom stereocenters. The number of nitrogens with zero attached hydrogens (tertiary/aromatic N) is 1. The summed E-state index contributed by atoms with van der Waals surface area (Å²) in [5, 5.41) is 9.33. The van der Waals surface area contributed by atoms with E-state index in [0.717, 1.165) is 29.5 Å². The summed E-state index contributed by atoms with van der Waals surface area (Å²) in [4.78, 5) is 14.8. The highest BCUT2D eigenvalue weighted by atomic mass is 35.5. The van der Waals surface area contributed by atoms with Gasteiger partial charge in [0.15, 0.2) is 6.61 Å². The van der Waals surface area contributed by atoms with E-state index in [1.165, 1.54) is 0 Å². The molecule has 1 heterocycles. The van der Waals surface area contributed by atoms with Gasteiger partial charge in [0.25, 0.3) is 0 Å². The maximum Gasteiger partial charge on any atom is 0.341 e. The second kappa shape index (κ2) is 7.09. The Morgan fingerprint density at radius 1 is 1.33 bits per heavy atom. The molecule has 0 spiro atoms. The Balaban J connectivity index is 2.46. The van der Waals surface area contributed by atoms with Crippen LogP contribution in [-0.2, 0) is 11.2 Å². The zero-order valence-corrected chi connectivity index (χ0v) is 12.4. The topological polar surface area (TPSA) is 59.4 Å². The van der Waals surface area contributed by atoms with Gasteiger partial charge in [0.2, 0.25) is 0 Å². The van der Waals surface area contributed by atoms with Crippen LogP contribution in [0.3, 0.4) is 0 Å². The predicted molar refractivity (Wildman–Crippen MR) is 81.8 cm³/mol. The Morgan fingerprint density at radius 3 is 2.86 bits per heavy atom. The molecule has 0 saturated heterocycles. The van der Waals surface area contributed by atoms with Crippen molar-refractivity contribution < 1.29 is 14.6 Å². The van der Waals surface area contributed by atoms with Crippen LogP contribution < -0.4 is 4.74 Å². The first-order chi connectivity index (χ1) is 10.1. The predicted octanol–water partition coefficient (Wildman–Crippen LogP) is 3.82. The van der Waals surface area contributed by atoms with E-state index < -0.39 is 12.6 Å². The van der Waals surface area contributed by atoms with E-state index in [1.54, 1.807) is 30.6 Å². The number of hydrogen-bond acceptors (Lipinski definition) is 3. The van der Waals surface area contributed by atoms with E-state index in [9.17, 15) is 4.79 Å². The molecule has 5 heteroatoms. The first kappa shape index (κ1) is 15.3. The quantitative estimate of drug-likeness (QED) is 0.881. The molecule has 4 nitrogen and oxygen atoms in total. The van der Waals surface area contributed by atoms with Crippen molar-refractivity contribution in [3.63, 3.8) is 0 Å². The van der Waals surface area contributed by atoms with Crippen molar-refractivity contribution in [1.29, 1.82) is 0 Å². The van der Waals surface area contributed by atoms with Crippen molar-refractivity contribution in [2.24, 2.45) is 0 Å². The Bertz CT molecular complexity index is 643. The molecule has 21 heavy (non-hydrogen) atoms. The average molecular weight is 306 g/mol. The lowest BCUT2D eigenvalue weighted by Gasteiger charge is -2.13. The van der Waals surface area contributed by atoms with Crippen LogP contribution in [0.25, 0.3) is 11.1 Å². The van der Waals surface area contributed by atoms with Gasteiger partial charge in [-0.3, -0.25) is 4.98 Å². The third kappa shape index (κ3) is 3.95. The largest absolute Gasteiger partial charge is 0.481 e. The van der Waals surface area contributed by atoms with Crippen LogP contribution >= 0.6 is 11.6 Å². The first-order valence-electron chi connectivity index (χ1n) is 6.69. The maximum atomic E-state index is 10.7. The lowest BCUT2D eigenvalue weighted by molar-refractivity contribution is -0.139. The highest BCUT2D eigenvalue weighted by Gasteiger charge is 2.12. The molecule has 0 bridgehead atoms. The van der Waals surface area contributed by atoms with Gasteiger partial charge in [0.05, 0.1) is 0 Å². The van der Waals surface area contributed by atoms with Gasteiger partial charge in [0.1, 0.15) is 5.75 Å². The highest BCUT2D eigenvalue weighted by molar-refractivity contribution is 6.31. The third-order valence-electron chi connectivity index (χ3n) is 3.01. The van der Waals surface area contributed by atoms with E-state index in [4.69, 9.17) is 21.4 Å². The van der Waals surface area contributed by atoms with Crippen molar-refractivity contribution in [1.82, 2.24) is 4.98 Å². The van der Waals surface area contributed by atoms with E-state index in [1.807, 2.05) is 6.07 Å². The molecule has 2 aromatic rings. The number of benzene rings is 1. The smallest absolute Gasteiger partial charge is 0.341 e. The summed E-state index contributed by atoms with van der Waals surface area (Å²) in [6.07, 6.45) is 5.41. The van der Waals surface area contributed by atoms with Crippen LogP contribution in [0.15, 0.2) is 36.7 Å². The molecule has 0 radical (unpaired) electrons. The second-order valence-corrected chi connectivity index (χ2v) is 5.04. The Hall–Kier alpha value is -2.07. The normalized spacial score (nSPS) is 10.4. The maximum absolute atomic E-state index is 10.7. The number of aliphatic carboxylic acids is 1. The van der Waals surface area contributed by atoms with Crippen LogP contribution in [0.1, 0.15) is 18.9 Å². The zero-order valence-electron chi connectivity index (χ0n) is 11.7. The molecule has 1 N–H and O–H groups in total. The molecule has 110 valence electrons. The number of hydrogen-bond donors (Lipinski definition) is 1.